The first kappa shape index (κ1) is 15.3. The minimum absolute atomic E-state index is 0.122. The molecule has 3 aromatic rings. The van der Waals surface area contributed by atoms with Gasteiger partial charge in [-0.2, -0.15) is 5.10 Å². The molecule has 0 unspecified atom stereocenters. The van der Waals surface area contributed by atoms with Crippen LogP contribution in [-0.2, 0) is 0 Å². The summed E-state index contributed by atoms with van der Waals surface area (Å²) in [6, 6.07) is 18.8. The summed E-state index contributed by atoms with van der Waals surface area (Å²) in [7, 11) is 0. The van der Waals surface area contributed by atoms with Crippen molar-refractivity contribution in [2.75, 3.05) is 0 Å². The molecule has 1 atom stereocenters. The average Bonchev–Trinajstić information content (AvgIpc) is 3.06. The first-order chi connectivity index (χ1) is 11.1. The highest BCUT2D eigenvalue weighted by molar-refractivity contribution is 6.30. The van der Waals surface area contributed by atoms with Gasteiger partial charge < -0.3 is 5.32 Å². The number of benzene rings is 2. The number of nitrogens with one attached hydrogen (secondary N) is 2. The summed E-state index contributed by atoms with van der Waals surface area (Å²) in [4.78, 5) is 12.3. The Kier molecular flexibility index (Phi) is 4.44. The maximum atomic E-state index is 12.3. The van der Waals surface area contributed by atoms with Gasteiger partial charge in [0.2, 0.25) is 0 Å². The van der Waals surface area contributed by atoms with E-state index in [-0.39, 0.29) is 11.9 Å². The van der Waals surface area contributed by atoms with E-state index < -0.39 is 0 Å². The molecule has 0 saturated carbocycles. The Bertz CT molecular complexity index is 797. The topological polar surface area (TPSA) is 57.8 Å². The van der Waals surface area contributed by atoms with Crippen molar-refractivity contribution in [3.8, 4) is 11.3 Å². The number of carbonyl (C=O) groups is 1. The highest BCUT2D eigenvalue weighted by Gasteiger charge is 2.14. The van der Waals surface area contributed by atoms with Crippen molar-refractivity contribution in [2.24, 2.45) is 0 Å². The van der Waals surface area contributed by atoms with Crippen molar-refractivity contribution in [1.29, 1.82) is 0 Å². The predicted octanol–water partition coefficient (Wildman–Crippen LogP) is 4.22. The molecule has 1 aromatic heterocycles. The standard InChI is InChI=1S/C18H16ClN3O/c1-12(13-7-9-15(19)10-8-13)20-18(23)17-11-16(21-22-17)14-5-3-2-4-6-14/h2-12H,1H3,(H,20,23)(H,21,22)/t12-/m0/s1. The summed E-state index contributed by atoms with van der Waals surface area (Å²) >= 11 is 5.88. The number of carbonyl (C=O) groups excluding carboxylic acids is 1. The third-order valence-corrected chi connectivity index (χ3v) is 3.86. The molecular weight excluding hydrogens is 310 g/mol. The lowest BCUT2D eigenvalue weighted by Gasteiger charge is -2.13. The average molecular weight is 326 g/mol. The Hall–Kier alpha value is -2.59. The van der Waals surface area contributed by atoms with Crippen molar-refractivity contribution in [1.82, 2.24) is 15.5 Å². The Morgan fingerprint density at radius 1 is 1.13 bits per heavy atom. The lowest BCUT2D eigenvalue weighted by atomic mass is 10.1. The lowest BCUT2D eigenvalue weighted by Crippen LogP contribution is -2.26. The van der Waals surface area contributed by atoms with Gasteiger partial charge in [0.15, 0.2) is 0 Å². The Labute approximate surface area is 139 Å². The maximum Gasteiger partial charge on any atom is 0.269 e. The van der Waals surface area contributed by atoms with E-state index in [0.29, 0.717) is 10.7 Å². The van der Waals surface area contributed by atoms with Crippen LogP contribution in [0.3, 0.4) is 0 Å². The molecular formula is C18H16ClN3O. The second-order valence-corrected chi connectivity index (χ2v) is 5.72. The van der Waals surface area contributed by atoms with Crippen molar-refractivity contribution in [3.63, 3.8) is 0 Å². The number of H-pyrrole nitrogens is 1. The van der Waals surface area contributed by atoms with Crippen LogP contribution in [0.2, 0.25) is 5.02 Å². The molecule has 0 fully saturated rings. The monoisotopic (exact) mass is 325 g/mol. The zero-order valence-electron chi connectivity index (χ0n) is 12.6. The van der Waals surface area contributed by atoms with Crippen LogP contribution < -0.4 is 5.32 Å². The van der Waals surface area contributed by atoms with Gasteiger partial charge in [-0.15, -0.1) is 0 Å². The molecule has 2 aromatic carbocycles. The predicted molar refractivity (Wildman–Crippen MR) is 91.4 cm³/mol. The van der Waals surface area contributed by atoms with Gasteiger partial charge in [-0.25, -0.2) is 0 Å². The Morgan fingerprint density at radius 2 is 1.83 bits per heavy atom. The first-order valence-corrected chi connectivity index (χ1v) is 7.68. The number of nitrogens with zero attached hydrogens (tertiary/aromatic N) is 1. The van der Waals surface area contributed by atoms with Crippen LogP contribution in [0.15, 0.2) is 60.7 Å². The van der Waals surface area contributed by atoms with E-state index in [1.54, 1.807) is 6.07 Å². The van der Waals surface area contributed by atoms with Crippen LogP contribution in [0, 0.1) is 0 Å². The number of hydrogen-bond acceptors (Lipinski definition) is 2. The quantitative estimate of drug-likeness (QED) is 0.754. The van der Waals surface area contributed by atoms with Crippen LogP contribution in [0.1, 0.15) is 29.0 Å². The molecule has 0 bridgehead atoms. The molecule has 5 heteroatoms. The third-order valence-electron chi connectivity index (χ3n) is 3.61. The summed E-state index contributed by atoms with van der Waals surface area (Å²) < 4.78 is 0. The second kappa shape index (κ2) is 6.67. The van der Waals surface area contributed by atoms with Crippen molar-refractivity contribution in [2.45, 2.75) is 13.0 Å². The molecule has 1 heterocycles. The molecule has 0 aliphatic heterocycles. The zero-order chi connectivity index (χ0) is 16.2. The molecule has 0 spiro atoms. The van der Waals surface area contributed by atoms with Gasteiger partial charge in [0, 0.05) is 10.6 Å². The molecule has 1 amide bonds. The van der Waals surface area contributed by atoms with Crippen molar-refractivity contribution >= 4 is 17.5 Å². The summed E-state index contributed by atoms with van der Waals surface area (Å²) in [5, 5.41) is 10.6. The number of rotatable bonds is 4. The van der Waals surface area contributed by atoms with E-state index in [2.05, 4.69) is 15.5 Å². The maximum absolute atomic E-state index is 12.3. The Balaban J connectivity index is 1.71. The lowest BCUT2D eigenvalue weighted by molar-refractivity contribution is 0.0935. The van der Waals surface area contributed by atoms with E-state index in [9.17, 15) is 4.79 Å². The normalized spacial score (nSPS) is 11.9. The highest BCUT2D eigenvalue weighted by atomic mass is 35.5. The SMILES string of the molecule is C[C@H](NC(=O)c1cc(-c2ccccc2)n[nH]1)c1ccc(Cl)cc1. The first-order valence-electron chi connectivity index (χ1n) is 7.30. The smallest absolute Gasteiger partial charge is 0.269 e. The number of aromatic nitrogens is 2. The van der Waals surface area contributed by atoms with Crippen LogP contribution >= 0.6 is 11.6 Å². The third kappa shape index (κ3) is 3.60. The summed E-state index contributed by atoms with van der Waals surface area (Å²) in [6.45, 7) is 1.93. The minimum Gasteiger partial charge on any atom is -0.344 e. The molecule has 0 aliphatic carbocycles. The molecule has 3 rings (SSSR count). The molecule has 0 saturated heterocycles. The highest BCUT2D eigenvalue weighted by Crippen LogP contribution is 2.19. The van der Waals surface area contributed by atoms with E-state index in [1.807, 2.05) is 61.5 Å². The molecule has 116 valence electrons. The van der Waals surface area contributed by atoms with Gasteiger partial charge in [-0.1, -0.05) is 54.1 Å². The Morgan fingerprint density at radius 3 is 2.52 bits per heavy atom. The van der Waals surface area contributed by atoms with Crippen LogP contribution in [0.5, 0.6) is 0 Å². The largest absolute Gasteiger partial charge is 0.344 e. The van der Waals surface area contributed by atoms with Crippen molar-refractivity contribution in [3.05, 3.63) is 76.9 Å². The molecule has 0 radical (unpaired) electrons. The van der Waals surface area contributed by atoms with Gasteiger partial charge in [0.05, 0.1) is 11.7 Å². The fourth-order valence-corrected chi connectivity index (χ4v) is 2.43. The van der Waals surface area contributed by atoms with Gasteiger partial charge in [0.25, 0.3) is 5.91 Å². The van der Waals surface area contributed by atoms with Crippen LogP contribution in [0.25, 0.3) is 11.3 Å². The molecule has 4 nitrogen and oxygen atoms in total. The van der Waals surface area contributed by atoms with Gasteiger partial charge in [-0.05, 0) is 30.7 Å². The van der Waals surface area contributed by atoms with Crippen LogP contribution in [-0.4, -0.2) is 16.1 Å². The van der Waals surface area contributed by atoms with Crippen LogP contribution in [0.4, 0.5) is 0 Å². The second-order valence-electron chi connectivity index (χ2n) is 5.28. The number of halogens is 1. The molecule has 2 N–H and O–H groups in total. The minimum atomic E-state index is -0.192. The van der Waals surface area contributed by atoms with Gasteiger partial charge >= 0.3 is 0 Å². The summed E-state index contributed by atoms with van der Waals surface area (Å²) in [6.07, 6.45) is 0. The van der Waals surface area contributed by atoms with E-state index in [4.69, 9.17) is 11.6 Å². The fraction of sp³-hybridized carbons (Fsp3) is 0.111. The summed E-state index contributed by atoms with van der Waals surface area (Å²) in [5.41, 5.74) is 3.14. The fourth-order valence-electron chi connectivity index (χ4n) is 2.30. The summed E-state index contributed by atoms with van der Waals surface area (Å²) in [5.74, 6) is -0.192. The van der Waals surface area contributed by atoms with E-state index in [0.717, 1.165) is 16.8 Å². The van der Waals surface area contributed by atoms with Gasteiger partial charge in [0.1, 0.15) is 5.69 Å². The number of hydrogen-bond donors (Lipinski definition) is 2. The van der Waals surface area contributed by atoms with Gasteiger partial charge in [-0.3, -0.25) is 9.89 Å². The molecule has 23 heavy (non-hydrogen) atoms. The van der Waals surface area contributed by atoms with E-state index >= 15 is 0 Å². The number of aromatic amines is 1. The van der Waals surface area contributed by atoms with E-state index in [1.165, 1.54) is 0 Å². The van der Waals surface area contributed by atoms with Crippen molar-refractivity contribution < 1.29 is 4.79 Å². The zero-order valence-corrected chi connectivity index (χ0v) is 13.3. The molecule has 0 aliphatic rings. The number of amides is 1.